The van der Waals surface area contributed by atoms with Crippen LogP contribution < -0.4 is 10.5 Å². The zero-order valence-electron chi connectivity index (χ0n) is 14.6. The summed E-state index contributed by atoms with van der Waals surface area (Å²) in [4.78, 5) is 36.7. The second-order valence-corrected chi connectivity index (χ2v) is 6.03. The van der Waals surface area contributed by atoms with Gasteiger partial charge >= 0.3 is 0 Å². The van der Waals surface area contributed by atoms with Gasteiger partial charge in [-0.1, -0.05) is 5.92 Å². The Hall–Kier alpha value is -3.46. The van der Waals surface area contributed by atoms with Crippen LogP contribution in [0.25, 0.3) is 11.0 Å². The lowest BCUT2D eigenvalue weighted by molar-refractivity contribution is 0.101. The molecule has 0 spiro atoms. The van der Waals surface area contributed by atoms with Gasteiger partial charge in [-0.3, -0.25) is 9.59 Å². The van der Waals surface area contributed by atoms with Gasteiger partial charge in [0.05, 0.1) is 11.9 Å². The topological polar surface area (TPSA) is 79.0 Å². The molecule has 6 heteroatoms. The molecular weight excluding hydrogens is 328 g/mol. The van der Waals surface area contributed by atoms with Crippen LogP contribution in [0, 0.1) is 19.3 Å². The molecule has 0 fully saturated rings. The number of benzene rings is 1. The maximum absolute atomic E-state index is 12.1. The zero-order chi connectivity index (χ0) is 18.7. The minimum atomic E-state index is -0.212. The normalized spacial score (nSPS) is 10.5. The molecule has 6 nitrogen and oxygen atoms in total. The Balaban J connectivity index is 1.93. The Morgan fingerprint density at radius 2 is 2.04 bits per heavy atom. The number of H-pyrrole nitrogens is 1. The smallest absolute Gasteiger partial charge is 0.260 e. The molecule has 0 saturated heterocycles. The van der Waals surface area contributed by atoms with Crippen LogP contribution in [0.3, 0.4) is 0 Å². The highest BCUT2D eigenvalue weighted by atomic mass is 16.1. The quantitative estimate of drug-likeness (QED) is 0.567. The maximum Gasteiger partial charge on any atom is 0.260 e. The van der Waals surface area contributed by atoms with E-state index in [1.165, 1.54) is 6.92 Å². The number of aromatic nitrogens is 3. The molecule has 1 aromatic carbocycles. The van der Waals surface area contributed by atoms with Gasteiger partial charge in [-0.2, -0.15) is 0 Å². The number of anilines is 1. The SMILES string of the molecule is C#CCN(Cc1cnc2nc(C)[nH]c(=O)c2c1)c1ccc(C(C)=O)cc1. The van der Waals surface area contributed by atoms with Crippen molar-refractivity contribution in [2.45, 2.75) is 20.4 Å². The molecule has 2 aromatic heterocycles. The van der Waals surface area contributed by atoms with Gasteiger partial charge in [-0.25, -0.2) is 9.97 Å². The van der Waals surface area contributed by atoms with E-state index in [1.54, 1.807) is 31.3 Å². The molecule has 26 heavy (non-hydrogen) atoms. The number of Topliss-reactive ketones (excluding diaryl/α,β-unsaturated/α-hetero) is 1. The minimum Gasteiger partial charge on any atom is -0.356 e. The second kappa shape index (κ2) is 7.19. The largest absolute Gasteiger partial charge is 0.356 e. The number of carbonyl (C=O) groups is 1. The van der Waals surface area contributed by atoms with Crippen LogP contribution in [-0.4, -0.2) is 27.3 Å². The first-order valence-corrected chi connectivity index (χ1v) is 8.13. The lowest BCUT2D eigenvalue weighted by Crippen LogP contribution is -2.23. The lowest BCUT2D eigenvalue weighted by atomic mass is 10.1. The van der Waals surface area contributed by atoms with Crippen LogP contribution in [0.15, 0.2) is 41.3 Å². The van der Waals surface area contributed by atoms with Gasteiger partial charge in [0, 0.05) is 24.0 Å². The van der Waals surface area contributed by atoms with Gasteiger partial charge in [0.15, 0.2) is 11.4 Å². The molecule has 0 saturated carbocycles. The summed E-state index contributed by atoms with van der Waals surface area (Å²) in [5, 5.41) is 0.445. The van der Waals surface area contributed by atoms with Crippen molar-refractivity contribution in [3.05, 3.63) is 63.8 Å². The van der Waals surface area contributed by atoms with Crippen molar-refractivity contribution in [2.24, 2.45) is 0 Å². The molecule has 0 amide bonds. The second-order valence-electron chi connectivity index (χ2n) is 6.03. The first-order chi connectivity index (χ1) is 12.5. The number of aryl methyl sites for hydroxylation is 1. The monoisotopic (exact) mass is 346 g/mol. The fraction of sp³-hybridized carbons (Fsp3) is 0.200. The van der Waals surface area contributed by atoms with Crippen LogP contribution in [0.2, 0.25) is 0 Å². The summed E-state index contributed by atoms with van der Waals surface area (Å²) in [6.45, 7) is 4.12. The maximum atomic E-state index is 12.1. The average molecular weight is 346 g/mol. The molecule has 1 N–H and O–H groups in total. The Morgan fingerprint density at radius 3 is 2.69 bits per heavy atom. The molecule has 0 unspecified atom stereocenters. The predicted molar refractivity (Wildman–Crippen MR) is 101 cm³/mol. The van der Waals surface area contributed by atoms with Crippen molar-refractivity contribution in [1.82, 2.24) is 15.0 Å². The van der Waals surface area contributed by atoms with E-state index >= 15 is 0 Å². The molecule has 0 bridgehead atoms. The first-order valence-electron chi connectivity index (χ1n) is 8.13. The molecule has 0 aliphatic rings. The summed E-state index contributed by atoms with van der Waals surface area (Å²) < 4.78 is 0. The molecule has 130 valence electrons. The van der Waals surface area contributed by atoms with Gasteiger partial charge in [-0.05, 0) is 49.7 Å². The van der Waals surface area contributed by atoms with Gasteiger partial charge in [0.25, 0.3) is 5.56 Å². The third-order valence-electron chi connectivity index (χ3n) is 4.03. The highest BCUT2D eigenvalue weighted by Crippen LogP contribution is 2.19. The van der Waals surface area contributed by atoms with Gasteiger partial charge in [0.1, 0.15) is 5.82 Å². The van der Waals surface area contributed by atoms with Crippen LogP contribution in [0.4, 0.5) is 5.69 Å². The fourth-order valence-corrected chi connectivity index (χ4v) is 2.74. The predicted octanol–water partition coefficient (Wildman–Crippen LogP) is 2.47. The van der Waals surface area contributed by atoms with Crippen LogP contribution >= 0.6 is 0 Å². The number of ketones is 1. The third-order valence-corrected chi connectivity index (χ3v) is 4.03. The van der Waals surface area contributed by atoms with E-state index in [-0.39, 0.29) is 11.3 Å². The lowest BCUT2D eigenvalue weighted by Gasteiger charge is -2.22. The van der Waals surface area contributed by atoms with Crippen molar-refractivity contribution >= 4 is 22.5 Å². The van der Waals surface area contributed by atoms with Crippen molar-refractivity contribution in [3.8, 4) is 12.3 Å². The van der Waals surface area contributed by atoms with E-state index in [9.17, 15) is 9.59 Å². The molecule has 0 radical (unpaired) electrons. The Morgan fingerprint density at radius 1 is 1.31 bits per heavy atom. The Kier molecular flexibility index (Phi) is 4.81. The summed E-state index contributed by atoms with van der Waals surface area (Å²) in [5.74, 6) is 3.18. The van der Waals surface area contributed by atoms with Crippen LogP contribution in [0.1, 0.15) is 28.7 Å². The molecular formula is C20H18N4O2. The van der Waals surface area contributed by atoms with E-state index in [2.05, 4.69) is 20.9 Å². The van der Waals surface area contributed by atoms with Crippen molar-refractivity contribution in [3.63, 3.8) is 0 Å². The van der Waals surface area contributed by atoms with Crippen molar-refractivity contribution < 1.29 is 4.79 Å². The average Bonchev–Trinajstić information content (AvgIpc) is 2.62. The Bertz CT molecular complexity index is 1060. The van der Waals surface area contributed by atoms with E-state index in [0.717, 1.165) is 11.3 Å². The summed E-state index contributed by atoms with van der Waals surface area (Å²) in [7, 11) is 0. The molecule has 3 aromatic rings. The number of hydrogen-bond donors (Lipinski definition) is 1. The van der Waals surface area contributed by atoms with E-state index in [4.69, 9.17) is 6.42 Å². The highest BCUT2D eigenvalue weighted by Gasteiger charge is 2.10. The molecule has 0 aliphatic heterocycles. The minimum absolute atomic E-state index is 0.0146. The van der Waals surface area contributed by atoms with Crippen molar-refractivity contribution in [2.75, 3.05) is 11.4 Å². The molecule has 3 rings (SSSR count). The number of aromatic amines is 1. The third kappa shape index (κ3) is 3.62. The molecule has 0 aliphatic carbocycles. The summed E-state index contributed by atoms with van der Waals surface area (Å²) in [6, 6.07) is 9.05. The molecule has 0 atom stereocenters. The Labute approximate surface area is 150 Å². The number of nitrogens with one attached hydrogen (secondary N) is 1. The number of carbonyl (C=O) groups excluding carboxylic acids is 1. The number of hydrogen-bond acceptors (Lipinski definition) is 5. The highest BCUT2D eigenvalue weighted by molar-refractivity contribution is 5.94. The number of rotatable bonds is 5. The van der Waals surface area contributed by atoms with Crippen molar-refractivity contribution in [1.29, 1.82) is 0 Å². The number of fused-ring (bicyclic) bond motifs is 1. The number of terminal acetylenes is 1. The van der Waals surface area contributed by atoms with E-state index in [0.29, 0.717) is 35.5 Å². The summed E-state index contributed by atoms with van der Waals surface area (Å²) in [6.07, 6.45) is 7.20. The standard InChI is InChI=1S/C20H18N4O2/c1-4-9-24(17-7-5-16(6-8-17)13(2)25)12-15-10-18-19(21-11-15)22-14(3)23-20(18)26/h1,5-8,10-11H,9,12H2,2-3H3,(H,21,22,23,26). The van der Waals surface area contributed by atoms with Gasteiger partial charge in [0.2, 0.25) is 0 Å². The number of pyridine rings is 1. The first kappa shape index (κ1) is 17.4. The van der Waals surface area contributed by atoms with E-state index in [1.807, 2.05) is 17.0 Å². The van der Waals surface area contributed by atoms with Crippen LogP contribution in [0.5, 0.6) is 0 Å². The summed E-state index contributed by atoms with van der Waals surface area (Å²) in [5.41, 5.74) is 2.60. The molecule has 2 heterocycles. The van der Waals surface area contributed by atoms with Crippen LogP contribution in [-0.2, 0) is 6.54 Å². The summed E-state index contributed by atoms with van der Waals surface area (Å²) >= 11 is 0. The zero-order valence-corrected chi connectivity index (χ0v) is 14.6. The van der Waals surface area contributed by atoms with Gasteiger partial charge < -0.3 is 9.88 Å². The fourth-order valence-electron chi connectivity index (χ4n) is 2.74. The van der Waals surface area contributed by atoms with Gasteiger partial charge in [-0.15, -0.1) is 6.42 Å². The van der Waals surface area contributed by atoms with E-state index < -0.39 is 0 Å². The number of nitrogens with zero attached hydrogens (tertiary/aromatic N) is 3.